The molecule has 0 amide bonds. The van der Waals surface area contributed by atoms with E-state index in [-0.39, 0.29) is 0 Å². The third kappa shape index (κ3) is 2.82. The van der Waals surface area contributed by atoms with Crippen LogP contribution in [0.1, 0.15) is 26.2 Å². The molecule has 1 N–H and O–H groups in total. The molecule has 2 atom stereocenters. The topological polar surface area (TPSA) is 15.3 Å². The van der Waals surface area contributed by atoms with Gasteiger partial charge in [-0.25, -0.2) is 0 Å². The molecule has 0 aromatic rings. The Kier molecular flexibility index (Phi) is 3.81. The van der Waals surface area contributed by atoms with Crippen molar-refractivity contribution in [2.45, 2.75) is 26.2 Å². The predicted molar refractivity (Wildman–Crippen MR) is 65.0 cm³/mol. The van der Waals surface area contributed by atoms with Gasteiger partial charge in [-0.3, -0.25) is 4.90 Å². The zero-order chi connectivity index (χ0) is 10.7. The molecule has 0 aromatic carbocycles. The van der Waals surface area contributed by atoms with Gasteiger partial charge in [-0.05, 0) is 36.8 Å². The summed E-state index contributed by atoms with van der Waals surface area (Å²) in [7, 11) is 0. The van der Waals surface area contributed by atoms with E-state index in [0.29, 0.717) is 0 Å². The molecule has 1 heterocycles. The first-order valence-corrected chi connectivity index (χ1v) is 6.39. The van der Waals surface area contributed by atoms with E-state index in [9.17, 15) is 0 Å². The lowest BCUT2D eigenvalue weighted by atomic mass is 10.0. The van der Waals surface area contributed by atoms with Crippen molar-refractivity contribution in [3.8, 4) is 0 Å². The molecule has 0 aromatic heterocycles. The van der Waals surface area contributed by atoms with Gasteiger partial charge < -0.3 is 5.32 Å². The van der Waals surface area contributed by atoms with Crippen LogP contribution in [0.15, 0.2) is 12.2 Å². The molecule has 2 nitrogen and oxygen atoms in total. The number of fused-ring (bicyclic) bond motifs is 1. The number of nitrogens with zero attached hydrogens (tertiary/aromatic N) is 1. The zero-order valence-electron chi connectivity index (χ0n) is 9.97. The van der Waals surface area contributed by atoms with Crippen molar-refractivity contribution in [1.29, 1.82) is 0 Å². The Morgan fingerprint density at radius 3 is 2.60 bits per heavy atom. The lowest BCUT2D eigenvalue weighted by Gasteiger charge is -2.18. The van der Waals surface area contributed by atoms with Crippen LogP contribution in [-0.2, 0) is 0 Å². The third-order valence-electron chi connectivity index (χ3n) is 3.87. The molecule has 2 heteroatoms. The van der Waals surface area contributed by atoms with Gasteiger partial charge >= 0.3 is 0 Å². The average Bonchev–Trinajstić information content (AvgIpc) is 2.74. The van der Waals surface area contributed by atoms with E-state index >= 15 is 0 Å². The van der Waals surface area contributed by atoms with Crippen LogP contribution in [0, 0.1) is 11.8 Å². The minimum Gasteiger partial charge on any atom is -0.313 e. The third-order valence-corrected chi connectivity index (χ3v) is 3.87. The van der Waals surface area contributed by atoms with E-state index in [1.165, 1.54) is 37.9 Å². The minimum atomic E-state index is 0.988. The minimum absolute atomic E-state index is 0.988. The number of likely N-dealkylation sites (tertiary alicyclic amines) is 1. The summed E-state index contributed by atoms with van der Waals surface area (Å²) < 4.78 is 0. The highest BCUT2D eigenvalue weighted by molar-refractivity contribution is 5.02. The van der Waals surface area contributed by atoms with Gasteiger partial charge in [-0.2, -0.15) is 0 Å². The van der Waals surface area contributed by atoms with Gasteiger partial charge in [0, 0.05) is 26.2 Å². The van der Waals surface area contributed by atoms with Crippen molar-refractivity contribution in [3.05, 3.63) is 12.2 Å². The fraction of sp³-hybridized carbons (Fsp3) is 0.846. The normalized spacial score (nSPS) is 30.7. The fourth-order valence-electron chi connectivity index (χ4n) is 3.14. The predicted octanol–water partition coefficient (Wildman–Crippen LogP) is 1.88. The van der Waals surface area contributed by atoms with E-state index in [0.717, 1.165) is 31.5 Å². The van der Waals surface area contributed by atoms with E-state index in [1.54, 1.807) is 0 Å². The maximum atomic E-state index is 4.15. The maximum absolute atomic E-state index is 4.15. The summed E-state index contributed by atoms with van der Waals surface area (Å²) in [4.78, 5) is 2.61. The summed E-state index contributed by atoms with van der Waals surface area (Å²) in [6, 6.07) is 0. The summed E-state index contributed by atoms with van der Waals surface area (Å²) >= 11 is 0. The lowest BCUT2D eigenvalue weighted by Crippen LogP contribution is -2.28. The number of nitrogens with one attached hydrogen (secondary N) is 1. The van der Waals surface area contributed by atoms with Crippen molar-refractivity contribution in [1.82, 2.24) is 10.2 Å². The Hall–Kier alpha value is -0.340. The Morgan fingerprint density at radius 1 is 1.33 bits per heavy atom. The number of hydrogen-bond donors (Lipinski definition) is 1. The summed E-state index contributed by atoms with van der Waals surface area (Å²) in [5, 5.41) is 3.35. The van der Waals surface area contributed by atoms with Crippen molar-refractivity contribution in [3.63, 3.8) is 0 Å². The molecule has 1 aliphatic carbocycles. The van der Waals surface area contributed by atoms with Crippen LogP contribution in [0.5, 0.6) is 0 Å². The van der Waals surface area contributed by atoms with Crippen LogP contribution in [0.2, 0.25) is 0 Å². The fourth-order valence-corrected chi connectivity index (χ4v) is 3.14. The Labute approximate surface area is 93.7 Å². The van der Waals surface area contributed by atoms with Crippen LogP contribution in [0.3, 0.4) is 0 Å². The summed E-state index contributed by atoms with van der Waals surface area (Å²) in [5.41, 5.74) is 1.34. The summed E-state index contributed by atoms with van der Waals surface area (Å²) in [5.74, 6) is 2.02. The molecule has 1 aliphatic heterocycles. The van der Waals surface area contributed by atoms with E-state index in [4.69, 9.17) is 0 Å². The van der Waals surface area contributed by atoms with Crippen molar-refractivity contribution >= 4 is 0 Å². The van der Waals surface area contributed by atoms with Crippen LogP contribution in [0.25, 0.3) is 0 Å². The molecule has 2 fully saturated rings. The molecule has 1 saturated carbocycles. The molecular formula is C13H24N2. The highest BCUT2D eigenvalue weighted by Gasteiger charge is 2.35. The zero-order valence-corrected chi connectivity index (χ0v) is 9.97. The molecule has 15 heavy (non-hydrogen) atoms. The molecular weight excluding hydrogens is 184 g/mol. The van der Waals surface area contributed by atoms with Gasteiger partial charge in [0.25, 0.3) is 0 Å². The molecule has 1 saturated heterocycles. The molecule has 86 valence electrons. The van der Waals surface area contributed by atoms with Gasteiger partial charge in [-0.15, -0.1) is 0 Å². The quantitative estimate of drug-likeness (QED) is 0.694. The molecule has 2 unspecified atom stereocenters. The van der Waals surface area contributed by atoms with Crippen LogP contribution >= 0.6 is 0 Å². The molecule has 0 bridgehead atoms. The Bertz CT molecular complexity index is 213. The Morgan fingerprint density at radius 2 is 2.00 bits per heavy atom. The summed E-state index contributed by atoms with van der Waals surface area (Å²) in [6.07, 6.45) is 4.42. The number of hydrogen-bond acceptors (Lipinski definition) is 2. The molecule has 0 spiro atoms. The lowest BCUT2D eigenvalue weighted by molar-refractivity contribution is 0.334. The second kappa shape index (κ2) is 5.13. The highest BCUT2D eigenvalue weighted by Crippen LogP contribution is 2.37. The summed E-state index contributed by atoms with van der Waals surface area (Å²) in [6.45, 7) is 12.1. The van der Waals surface area contributed by atoms with Gasteiger partial charge in [0.15, 0.2) is 0 Å². The smallest absolute Gasteiger partial charge is 0.0203 e. The standard InChI is InChI=1S/C13H24N2/c1-3-14-7-11(2)8-15-9-12-5-4-6-13(12)10-15/h12-14H,2-10H2,1H3. The first kappa shape index (κ1) is 11.2. The second-order valence-electron chi connectivity index (χ2n) is 5.18. The Balaban J connectivity index is 1.70. The molecule has 2 aliphatic rings. The molecule has 0 radical (unpaired) electrons. The first-order valence-electron chi connectivity index (χ1n) is 6.39. The van der Waals surface area contributed by atoms with E-state index < -0.39 is 0 Å². The van der Waals surface area contributed by atoms with Gasteiger partial charge in [-0.1, -0.05) is 19.9 Å². The van der Waals surface area contributed by atoms with Gasteiger partial charge in [0.1, 0.15) is 0 Å². The van der Waals surface area contributed by atoms with Crippen LogP contribution in [-0.4, -0.2) is 37.6 Å². The van der Waals surface area contributed by atoms with Crippen LogP contribution in [0.4, 0.5) is 0 Å². The maximum Gasteiger partial charge on any atom is 0.0203 e. The van der Waals surface area contributed by atoms with E-state index in [2.05, 4.69) is 23.7 Å². The second-order valence-corrected chi connectivity index (χ2v) is 5.18. The van der Waals surface area contributed by atoms with Crippen molar-refractivity contribution in [2.24, 2.45) is 11.8 Å². The number of rotatable bonds is 5. The van der Waals surface area contributed by atoms with Crippen LogP contribution < -0.4 is 5.32 Å². The highest BCUT2D eigenvalue weighted by atomic mass is 15.2. The monoisotopic (exact) mass is 208 g/mol. The average molecular weight is 208 g/mol. The van der Waals surface area contributed by atoms with Crippen molar-refractivity contribution < 1.29 is 0 Å². The largest absolute Gasteiger partial charge is 0.313 e. The SMILES string of the molecule is C=C(CNCC)CN1CC2CCCC2C1. The van der Waals surface area contributed by atoms with E-state index in [1.807, 2.05) is 0 Å². The van der Waals surface area contributed by atoms with Gasteiger partial charge in [0.05, 0.1) is 0 Å². The molecule has 2 rings (SSSR count). The first-order chi connectivity index (χ1) is 7.29. The van der Waals surface area contributed by atoms with Gasteiger partial charge in [0.2, 0.25) is 0 Å². The number of likely N-dealkylation sites (N-methyl/N-ethyl adjacent to an activating group) is 1. The van der Waals surface area contributed by atoms with Crippen molar-refractivity contribution in [2.75, 3.05) is 32.7 Å².